The number of rotatable bonds is 8. The Bertz CT molecular complexity index is 506. The summed E-state index contributed by atoms with van der Waals surface area (Å²) < 4.78 is 5.81. The Morgan fingerprint density at radius 1 is 1.13 bits per heavy atom. The normalized spacial score (nSPS) is 15.1. The lowest BCUT2D eigenvalue weighted by Gasteiger charge is -2.21. The van der Waals surface area contributed by atoms with Gasteiger partial charge in [0.1, 0.15) is 5.75 Å². The van der Waals surface area contributed by atoms with Crippen LogP contribution in [0.2, 0.25) is 0 Å². The van der Waals surface area contributed by atoms with Gasteiger partial charge in [0.2, 0.25) is 0 Å². The predicted octanol–water partition coefficient (Wildman–Crippen LogP) is 3.24. The molecule has 1 aliphatic rings. The summed E-state index contributed by atoms with van der Waals surface area (Å²) in [6.07, 6.45) is 6.93. The molecular weight excluding hydrogens is 294 g/mol. The summed E-state index contributed by atoms with van der Waals surface area (Å²) in [5.41, 5.74) is 0.561. The van der Waals surface area contributed by atoms with Gasteiger partial charge in [-0.2, -0.15) is 0 Å². The molecule has 1 amide bonds. The zero-order chi connectivity index (χ0) is 16.5. The summed E-state index contributed by atoms with van der Waals surface area (Å²) in [7, 11) is 0. The summed E-state index contributed by atoms with van der Waals surface area (Å²) in [4.78, 5) is 22.3. The van der Waals surface area contributed by atoms with Crippen molar-refractivity contribution < 1.29 is 19.4 Å². The van der Waals surface area contributed by atoms with Crippen molar-refractivity contribution in [3.63, 3.8) is 0 Å². The van der Waals surface area contributed by atoms with Crippen LogP contribution in [0.4, 0.5) is 0 Å². The summed E-state index contributed by atoms with van der Waals surface area (Å²) in [5, 5.41) is 11.3. The molecule has 2 rings (SSSR count). The predicted molar refractivity (Wildman–Crippen MR) is 87.7 cm³/mol. The maximum absolute atomic E-state index is 11.9. The van der Waals surface area contributed by atoms with Crippen LogP contribution in [0.3, 0.4) is 0 Å². The average Bonchev–Trinajstić information content (AvgIpc) is 2.58. The number of carboxylic acids is 1. The van der Waals surface area contributed by atoms with Gasteiger partial charge in [-0.1, -0.05) is 19.3 Å². The van der Waals surface area contributed by atoms with Crippen molar-refractivity contribution in [2.45, 2.75) is 44.9 Å². The number of hydrogen-bond acceptors (Lipinski definition) is 3. The van der Waals surface area contributed by atoms with Gasteiger partial charge >= 0.3 is 5.97 Å². The second kappa shape index (κ2) is 9.18. The number of aliphatic carboxylic acids is 1. The molecule has 0 saturated heterocycles. The molecule has 5 heteroatoms. The molecule has 0 radical (unpaired) electrons. The lowest BCUT2D eigenvalue weighted by Crippen LogP contribution is -2.24. The van der Waals surface area contributed by atoms with Crippen LogP contribution in [-0.2, 0) is 4.79 Å². The fourth-order valence-electron chi connectivity index (χ4n) is 2.81. The highest BCUT2D eigenvalue weighted by Gasteiger charge is 2.14. The number of amides is 1. The first-order valence-corrected chi connectivity index (χ1v) is 8.38. The Morgan fingerprint density at radius 3 is 2.48 bits per heavy atom. The van der Waals surface area contributed by atoms with Gasteiger partial charge in [-0.3, -0.25) is 9.59 Å². The largest absolute Gasteiger partial charge is 0.493 e. The van der Waals surface area contributed by atoms with E-state index < -0.39 is 5.97 Å². The third-order valence-electron chi connectivity index (χ3n) is 4.18. The van der Waals surface area contributed by atoms with Crippen molar-refractivity contribution in [1.82, 2.24) is 5.32 Å². The van der Waals surface area contributed by atoms with E-state index in [0.29, 0.717) is 24.4 Å². The number of hydrogen-bond donors (Lipinski definition) is 2. The number of carbonyl (C=O) groups excluding carboxylic acids is 1. The first kappa shape index (κ1) is 17.3. The smallest absolute Gasteiger partial charge is 0.303 e. The van der Waals surface area contributed by atoms with Gasteiger partial charge in [-0.05, 0) is 49.4 Å². The summed E-state index contributed by atoms with van der Waals surface area (Å²) >= 11 is 0. The van der Waals surface area contributed by atoms with Gasteiger partial charge < -0.3 is 15.2 Å². The van der Waals surface area contributed by atoms with E-state index >= 15 is 0 Å². The van der Waals surface area contributed by atoms with Crippen LogP contribution >= 0.6 is 0 Å². The van der Waals surface area contributed by atoms with Crippen molar-refractivity contribution in [3.05, 3.63) is 29.8 Å². The number of ether oxygens (including phenoxy) is 1. The molecule has 1 saturated carbocycles. The second-order valence-corrected chi connectivity index (χ2v) is 6.09. The van der Waals surface area contributed by atoms with E-state index in [9.17, 15) is 9.59 Å². The maximum atomic E-state index is 11.9. The lowest BCUT2D eigenvalue weighted by molar-refractivity contribution is -0.137. The van der Waals surface area contributed by atoms with Crippen LogP contribution in [0, 0.1) is 5.92 Å². The second-order valence-electron chi connectivity index (χ2n) is 6.09. The zero-order valence-electron chi connectivity index (χ0n) is 13.4. The van der Waals surface area contributed by atoms with E-state index in [-0.39, 0.29) is 12.3 Å². The maximum Gasteiger partial charge on any atom is 0.303 e. The van der Waals surface area contributed by atoms with Crippen molar-refractivity contribution in [1.29, 1.82) is 0 Å². The highest BCUT2D eigenvalue weighted by molar-refractivity contribution is 5.94. The average molecular weight is 319 g/mol. The van der Waals surface area contributed by atoms with E-state index in [4.69, 9.17) is 9.84 Å². The molecular formula is C18H25NO4. The molecule has 23 heavy (non-hydrogen) atoms. The molecule has 0 spiro atoms. The molecule has 0 unspecified atom stereocenters. The Hall–Kier alpha value is -2.04. The quantitative estimate of drug-likeness (QED) is 0.721. The Balaban J connectivity index is 1.72. The fraction of sp³-hybridized carbons (Fsp3) is 0.556. The zero-order valence-corrected chi connectivity index (χ0v) is 13.4. The summed E-state index contributed by atoms with van der Waals surface area (Å²) in [6, 6.07) is 7.11. The van der Waals surface area contributed by atoms with Crippen LogP contribution in [0.15, 0.2) is 24.3 Å². The van der Waals surface area contributed by atoms with Gasteiger partial charge in [0.15, 0.2) is 0 Å². The van der Waals surface area contributed by atoms with Gasteiger partial charge in [0, 0.05) is 18.5 Å². The van der Waals surface area contributed by atoms with E-state index in [1.54, 1.807) is 12.1 Å². The summed E-state index contributed by atoms with van der Waals surface area (Å²) in [6.45, 7) is 1.12. The van der Waals surface area contributed by atoms with Crippen LogP contribution in [0.1, 0.15) is 55.3 Å². The highest BCUT2D eigenvalue weighted by Crippen LogP contribution is 2.24. The standard InChI is InChI=1S/C18H25NO4/c20-17(21)7-4-12-19-18(22)15-8-10-16(11-9-15)23-13-14-5-2-1-3-6-14/h8-11,14H,1-7,12-13H2,(H,19,22)(H,20,21). The third-order valence-corrected chi connectivity index (χ3v) is 4.18. The Morgan fingerprint density at radius 2 is 1.83 bits per heavy atom. The van der Waals surface area contributed by atoms with Gasteiger partial charge in [-0.25, -0.2) is 0 Å². The molecule has 1 aliphatic carbocycles. The van der Waals surface area contributed by atoms with Crippen molar-refractivity contribution in [3.8, 4) is 5.75 Å². The molecule has 1 aromatic rings. The molecule has 2 N–H and O–H groups in total. The molecule has 0 heterocycles. The lowest BCUT2D eigenvalue weighted by atomic mass is 9.90. The minimum Gasteiger partial charge on any atom is -0.493 e. The van der Waals surface area contributed by atoms with E-state index in [0.717, 1.165) is 12.4 Å². The van der Waals surface area contributed by atoms with Gasteiger partial charge in [-0.15, -0.1) is 0 Å². The molecule has 1 aromatic carbocycles. The van der Waals surface area contributed by atoms with E-state index in [1.807, 2.05) is 12.1 Å². The van der Waals surface area contributed by atoms with E-state index in [2.05, 4.69) is 5.32 Å². The van der Waals surface area contributed by atoms with Gasteiger partial charge in [0.25, 0.3) is 5.91 Å². The fourth-order valence-corrected chi connectivity index (χ4v) is 2.81. The van der Waals surface area contributed by atoms with Crippen LogP contribution in [-0.4, -0.2) is 30.1 Å². The molecule has 0 bridgehead atoms. The number of benzene rings is 1. The molecule has 0 atom stereocenters. The van der Waals surface area contributed by atoms with Crippen LogP contribution in [0.25, 0.3) is 0 Å². The Labute approximate surface area is 137 Å². The van der Waals surface area contributed by atoms with Gasteiger partial charge in [0.05, 0.1) is 6.61 Å². The monoisotopic (exact) mass is 319 g/mol. The molecule has 126 valence electrons. The van der Waals surface area contributed by atoms with Crippen molar-refractivity contribution >= 4 is 11.9 Å². The SMILES string of the molecule is O=C(O)CCCNC(=O)c1ccc(OCC2CCCCC2)cc1. The first-order valence-electron chi connectivity index (χ1n) is 8.38. The first-order chi connectivity index (χ1) is 11.1. The molecule has 1 fully saturated rings. The third kappa shape index (κ3) is 6.30. The highest BCUT2D eigenvalue weighted by atomic mass is 16.5. The number of carboxylic acid groups (broad SMARTS) is 1. The topological polar surface area (TPSA) is 75.6 Å². The van der Waals surface area contributed by atoms with Crippen LogP contribution in [0.5, 0.6) is 5.75 Å². The van der Waals surface area contributed by atoms with Crippen LogP contribution < -0.4 is 10.1 Å². The Kier molecular flexibility index (Phi) is 6.91. The molecule has 0 aliphatic heterocycles. The molecule has 0 aromatic heterocycles. The van der Waals surface area contributed by atoms with E-state index in [1.165, 1.54) is 32.1 Å². The minimum absolute atomic E-state index is 0.0637. The molecule has 5 nitrogen and oxygen atoms in total. The minimum atomic E-state index is -0.848. The van der Waals surface area contributed by atoms with Crippen molar-refractivity contribution in [2.24, 2.45) is 5.92 Å². The number of carbonyl (C=O) groups is 2. The summed E-state index contributed by atoms with van der Waals surface area (Å²) in [5.74, 6) is 0.409. The number of nitrogens with one attached hydrogen (secondary N) is 1. The van der Waals surface area contributed by atoms with Crippen molar-refractivity contribution in [2.75, 3.05) is 13.2 Å².